The summed E-state index contributed by atoms with van der Waals surface area (Å²) in [7, 11) is -3.49. The van der Waals surface area contributed by atoms with E-state index in [1.165, 1.54) is 10.9 Å². The van der Waals surface area contributed by atoms with Gasteiger partial charge in [-0.3, -0.25) is 4.31 Å². The van der Waals surface area contributed by atoms with Crippen molar-refractivity contribution in [3.8, 4) is 0 Å². The quantitative estimate of drug-likeness (QED) is 0.458. The maximum Gasteiger partial charge on any atom is 0.265 e. The number of anilines is 1. The number of aromatic nitrogens is 1. The lowest BCUT2D eigenvalue weighted by molar-refractivity contribution is 0.283. The molecule has 1 fully saturated rings. The molecule has 1 saturated heterocycles. The van der Waals surface area contributed by atoms with Gasteiger partial charge < -0.3 is 10.3 Å². The average Bonchev–Trinajstić information content (AvgIpc) is 3.37. The number of sulfonamides is 1. The molecule has 2 N–H and O–H groups in total. The molecule has 6 heteroatoms. The van der Waals surface area contributed by atoms with E-state index in [1.54, 1.807) is 10.4 Å². The first-order chi connectivity index (χ1) is 15.6. The summed E-state index contributed by atoms with van der Waals surface area (Å²) in [5.74, 6) is 0. The van der Waals surface area contributed by atoms with E-state index in [4.69, 9.17) is 0 Å². The lowest BCUT2D eigenvalue weighted by atomic mass is 9.70. The second-order valence-corrected chi connectivity index (χ2v) is 11.0. The number of piperidine rings is 1. The summed E-state index contributed by atoms with van der Waals surface area (Å²) in [4.78, 5) is 3.73. The minimum atomic E-state index is -3.49. The second-order valence-electron chi connectivity index (χ2n) is 9.12. The summed E-state index contributed by atoms with van der Waals surface area (Å²) in [5.41, 5.74) is 3.44. The number of nitrogens with one attached hydrogen (secondary N) is 2. The lowest BCUT2D eigenvalue weighted by Crippen LogP contribution is -2.40. The Morgan fingerprint density at radius 3 is 2.59 bits per heavy atom. The van der Waals surface area contributed by atoms with Crippen LogP contribution in [-0.2, 0) is 15.4 Å². The fraction of sp³-hybridized carbons (Fsp3) is 0.308. The topological polar surface area (TPSA) is 65.2 Å². The normalized spacial score (nSPS) is 19.1. The van der Waals surface area contributed by atoms with Crippen LogP contribution < -0.4 is 9.62 Å². The van der Waals surface area contributed by atoms with Gasteiger partial charge in [0.1, 0.15) is 0 Å². The zero-order valence-corrected chi connectivity index (χ0v) is 18.8. The summed E-state index contributed by atoms with van der Waals surface area (Å²) in [6, 6.07) is 20.3. The van der Waals surface area contributed by atoms with E-state index in [0.29, 0.717) is 11.4 Å². The Labute approximate surface area is 188 Å². The number of H-pyrrole nitrogens is 1. The number of benzene rings is 3. The van der Waals surface area contributed by atoms with Crippen molar-refractivity contribution in [3.05, 3.63) is 72.4 Å². The molecule has 3 heterocycles. The van der Waals surface area contributed by atoms with E-state index < -0.39 is 10.0 Å². The van der Waals surface area contributed by atoms with Gasteiger partial charge in [-0.05, 0) is 90.9 Å². The molecule has 4 aromatic rings. The summed E-state index contributed by atoms with van der Waals surface area (Å²) in [6.45, 7) is 2.51. The van der Waals surface area contributed by atoms with Gasteiger partial charge in [0.05, 0.1) is 10.6 Å². The van der Waals surface area contributed by atoms with E-state index >= 15 is 0 Å². The predicted octanol–water partition coefficient (Wildman–Crippen LogP) is 4.93. The van der Waals surface area contributed by atoms with Gasteiger partial charge in [0.15, 0.2) is 0 Å². The summed E-state index contributed by atoms with van der Waals surface area (Å²) in [5, 5.41) is 6.59. The molecular weight excluding hydrogens is 418 g/mol. The third-order valence-electron chi connectivity index (χ3n) is 7.42. The first-order valence-corrected chi connectivity index (χ1v) is 12.9. The maximum absolute atomic E-state index is 13.3. The van der Waals surface area contributed by atoms with Gasteiger partial charge >= 0.3 is 0 Å². The van der Waals surface area contributed by atoms with E-state index in [-0.39, 0.29) is 5.41 Å². The predicted molar refractivity (Wildman–Crippen MR) is 130 cm³/mol. The molecule has 0 atom stereocenters. The molecule has 32 heavy (non-hydrogen) atoms. The SMILES string of the molecule is O=S1(=O)c2cccc3cccc(c23)N1CCCC1(c2ccc3[nH]ccc3c2)CCNCC1. The van der Waals surface area contributed by atoms with Crippen LogP contribution in [-0.4, -0.2) is 33.0 Å². The van der Waals surface area contributed by atoms with Gasteiger partial charge in [0, 0.05) is 23.6 Å². The molecule has 5 nitrogen and oxygen atoms in total. The van der Waals surface area contributed by atoms with Crippen LogP contribution in [0.25, 0.3) is 21.7 Å². The number of aromatic amines is 1. The zero-order chi connectivity index (χ0) is 21.8. The van der Waals surface area contributed by atoms with Crippen LogP contribution >= 0.6 is 0 Å². The Kier molecular flexibility index (Phi) is 4.56. The molecule has 3 aromatic carbocycles. The van der Waals surface area contributed by atoms with Gasteiger partial charge in [0.2, 0.25) is 0 Å². The maximum atomic E-state index is 13.3. The van der Waals surface area contributed by atoms with Crippen LogP contribution in [0.3, 0.4) is 0 Å². The number of hydrogen-bond acceptors (Lipinski definition) is 3. The molecule has 0 spiro atoms. The fourth-order valence-electron chi connectivity index (χ4n) is 5.73. The van der Waals surface area contributed by atoms with E-state index in [0.717, 1.165) is 60.7 Å². The summed E-state index contributed by atoms with van der Waals surface area (Å²) >= 11 is 0. The minimum Gasteiger partial charge on any atom is -0.361 e. The van der Waals surface area contributed by atoms with Crippen molar-refractivity contribution in [1.29, 1.82) is 0 Å². The fourth-order valence-corrected chi connectivity index (χ4v) is 7.48. The molecule has 0 unspecified atom stereocenters. The third-order valence-corrected chi connectivity index (χ3v) is 9.28. The van der Waals surface area contributed by atoms with Gasteiger partial charge in [-0.15, -0.1) is 0 Å². The van der Waals surface area contributed by atoms with Crippen LogP contribution in [0.15, 0.2) is 71.8 Å². The van der Waals surface area contributed by atoms with Gasteiger partial charge in [-0.1, -0.05) is 30.3 Å². The van der Waals surface area contributed by atoms with E-state index in [1.807, 2.05) is 36.5 Å². The molecule has 1 aromatic heterocycles. The average molecular weight is 446 g/mol. The van der Waals surface area contributed by atoms with Crippen molar-refractivity contribution < 1.29 is 8.42 Å². The van der Waals surface area contributed by atoms with Gasteiger partial charge in [-0.25, -0.2) is 8.42 Å². The number of hydrogen-bond donors (Lipinski definition) is 2. The highest BCUT2D eigenvalue weighted by molar-refractivity contribution is 7.93. The Hall–Kier alpha value is -2.83. The molecule has 0 aliphatic carbocycles. The minimum absolute atomic E-state index is 0.0824. The Balaban J connectivity index is 1.29. The highest BCUT2D eigenvalue weighted by Crippen LogP contribution is 2.43. The third kappa shape index (κ3) is 2.97. The first kappa shape index (κ1) is 19.8. The van der Waals surface area contributed by atoms with E-state index in [9.17, 15) is 8.42 Å². The molecule has 0 amide bonds. The van der Waals surface area contributed by atoms with Gasteiger partial charge in [0.25, 0.3) is 10.0 Å². The van der Waals surface area contributed by atoms with Crippen molar-refractivity contribution in [2.75, 3.05) is 23.9 Å². The van der Waals surface area contributed by atoms with Crippen molar-refractivity contribution in [2.24, 2.45) is 0 Å². The van der Waals surface area contributed by atoms with Crippen LogP contribution in [0.5, 0.6) is 0 Å². The van der Waals surface area contributed by atoms with Gasteiger partial charge in [-0.2, -0.15) is 0 Å². The molecule has 0 radical (unpaired) electrons. The molecule has 6 rings (SSSR count). The molecule has 0 saturated carbocycles. The molecule has 164 valence electrons. The lowest BCUT2D eigenvalue weighted by Gasteiger charge is -2.39. The molecule has 0 bridgehead atoms. The Morgan fingerprint density at radius 2 is 1.75 bits per heavy atom. The molecule has 2 aliphatic rings. The highest BCUT2D eigenvalue weighted by atomic mass is 32.2. The van der Waals surface area contributed by atoms with Crippen LogP contribution in [0.2, 0.25) is 0 Å². The standard InChI is InChI=1S/C26H27N3O2S/c30-32(31)24-7-2-5-19-4-1-6-23(25(19)24)29(32)17-3-11-26(12-15-27-16-13-26)21-8-9-22-20(18-21)10-14-28-22/h1-2,4-10,14,18,27-28H,3,11-13,15-17H2. The Morgan fingerprint density at radius 1 is 0.938 bits per heavy atom. The van der Waals surface area contributed by atoms with Crippen molar-refractivity contribution in [2.45, 2.75) is 36.0 Å². The zero-order valence-electron chi connectivity index (χ0n) is 18.0. The van der Waals surface area contributed by atoms with Crippen molar-refractivity contribution >= 4 is 37.4 Å². The smallest absolute Gasteiger partial charge is 0.265 e. The second kappa shape index (κ2) is 7.36. The Bertz CT molecular complexity index is 1410. The number of fused-ring (bicyclic) bond motifs is 1. The summed E-state index contributed by atoms with van der Waals surface area (Å²) in [6.07, 6.45) is 5.94. The molecule has 2 aliphatic heterocycles. The van der Waals surface area contributed by atoms with Crippen LogP contribution in [0, 0.1) is 0 Å². The largest absolute Gasteiger partial charge is 0.361 e. The number of nitrogens with zero attached hydrogens (tertiary/aromatic N) is 1. The van der Waals surface area contributed by atoms with Crippen molar-refractivity contribution in [1.82, 2.24) is 10.3 Å². The highest BCUT2D eigenvalue weighted by Gasteiger charge is 2.37. The monoisotopic (exact) mass is 445 g/mol. The van der Waals surface area contributed by atoms with Crippen molar-refractivity contribution in [3.63, 3.8) is 0 Å². The number of rotatable bonds is 5. The van der Waals surface area contributed by atoms with Crippen LogP contribution in [0.4, 0.5) is 5.69 Å². The van der Waals surface area contributed by atoms with E-state index in [2.05, 4.69) is 34.6 Å². The first-order valence-electron chi connectivity index (χ1n) is 11.4. The summed E-state index contributed by atoms with van der Waals surface area (Å²) < 4.78 is 28.3. The van der Waals surface area contributed by atoms with Crippen LogP contribution in [0.1, 0.15) is 31.2 Å². The molecular formula is C26H27N3O2S.